The first-order valence-corrected chi connectivity index (χ1v) is 16.2. The van der Waals surface area contributed by atoms with Gasteiger partial charge in [0.1, 0.15) is 11.8 Å². The highest BCUT2D eigenvalue weighted by molar-refractivity contribution is 7.07. The summed E-state index contributed by atoms with van der Waals surface area (Å²) >= 11 is 7.74. The van der Waals surface area contributed by atoms with E-state index in [9.17, 15) is 14.9 Å². The van der Waals surface area contributed by atoms with Gasteiger partial charge in [-0.15, -0.1) is 0 Å². The lowest BCUT2D eigenvalue weighted by atomic mass is 9.93. The highest BCUT2D eigenvalue weighted by Crippen LogP contribution is 2.38. The van der Waals surface area contributed by atoms with Crippen LogP contribution < -0.4 is 19.6 Å². The maximum Gasteiger partial charge on any atom is 0.338 e. The first-order chi connectivity index (χ1) is 22.4. The number of hydrogen-bond acceptors (Lipinski definition) is 7. The number of ether oxygens (including phenoxy) is 2. The molecule has 6 rings (SSSR count). The van der Waals surface area contributed by atoms with Crippen LogP contribution in [0.1, 0.15) is 55.0 Å². The number of para-hydroxylation sites is 1. The van der Waals surface area contributed by atoms with Gasteiger partial charge in [-0.1, -0.05) is 72.7 Å². The van der Waals surface area contributed by atoms with Gasteiger partial charge in [0.2, 0.25) is 0 Å². The largest absolute Gasteiger partial charge is 0.496 e. The number of nitrogens with zero attached hydrogens (tertiary/aromatic N) is 4. The van der Waals surface area contributed by atoms with Crippen LogP contribution in [0.3, 0.4) is 0 Å². The minimum absolute atomic E-state index is 0.175. The number of carbonyl (C=O) groups excluding carboxylic acids is 1. The van der Waals surface area contributed by atoms with E-state index < -0.39 is 12.0 Å². The minimum atomic E-state index is -0.850. The highest BCUT2D eigenvalue weighted by Gasteiger charge is 2.36. The molecule has 1 aliphatic heterocycles. The zero-order valence-electron chi connectivity index (χ0n) is 25.6. The maximum atomic E-state index is 14.4. The van der Waals surface area contributed by atoms with Gasteiger partial charge in [-0.2, -0.15) is 5.26 Å². The Balaban J connectivity index is 1.57. The number of hydrogen-bond donors (Lipinski definition) is 0. The third-order valence-corrected chi connectivity index (χ3v) is 9.18. The summed E-state index contributed by atoms with van der Waals surface area (Å²) in [6.45, 7) is 4.43. The molecular weight excluding hydrogens is 620 g/mol. The van der Waals surface area contributed by atoms with Crippen molar-refractivity contribution >= 4 is 45.9 Å². The summed E-state index contributed by atoms with van der Waals surface area (Å²) in [5, 5.41) is 11.1. The number of allylic oxidation sites excluding steroid dienone is 1. The van der Waals surface area contributed by atoms with Gasteiger partial charge in [0.25, 0.3) is 5.56 Å². The third kappa shape index (κ3) is 5.66. The van der Waals surface area contributed by atoms with Crippen LogP contribution in [0.2, 0.25) is 5.02 Å². The number of thiazole rings is 1. The van der Waals surface area contributed by atoms with E-state index >= 15 is 0 Å². The average molecular weight is 651 g/mol. The molecule has 10 heteroatoms. The molecule has 0 unspecified atom stereocenters. The molecule has 3 heterocycles. The van der Waals surface area contributed by atoms with Crippen LogP contribution in [0.4, 0.5) is 0 Å². The SMILES string of the molecule is CCCC1=C(C(=O)OCC)[C@@H](c2cc(Cl)ccc2OC)n2c(s/c(=C/c3cn(Cc4ccccc4C#N)c4ccccc34)c2=O)=N1. The fraction of sp³-hybridized carbons (Fsp3) is 0.222. The number of fused-ring (bicyclic) bond motifs is 2. The topological polar surface area (TPSA) is 98.6 Å². The molecule has 0 spiro atoms. The summed E-state index contributed by atoms with van der Waals surface area (Å²) in [6.07, 6.45) is 5.14. The number of esters is 1. The molecule has 0 amide bonds. The van der Waals surface area contributed by atoms with Gasteiger partial charge in [-0.25, -0.2) is 9.79 Å². The Hall–Kier alpha value is -4.91. The van der Waals surface area contributed by atoms with Crippen LogP contribution in [0.15, 0.2) is 94.0 Å². The molecule has 5 aromatic rings. The number of benzene rings is 3. The summed E-state index contributed by atoms with van der Waals surface area (Å²) in [6, 6.07) is 22.1. The van der Waals surface area contributed by atoms with E-state index in [1.165, 1.54) is 11.3 Å². The Bertz CT molecular complexity index is 2240. The Labute approximate surface area is 274 Å². The van der Waals surface area contributed by atoms with Gasteiger partial charge in [-0.05, 0) is 55.3 Å². The lowest BCUT2D eigenvalue weighted by Gasteiger charge is -2.27. The molecule has 0 radical (unpaired) electrons. The Kier molecular flexibility index (Phi) is 8.93. The van der Waals surface area contributed by atoms with Crippen molar-refractivity contribution in [3.63, 3.8) is 0 Å². The predicted octanol–water partition coefficient (Wildman–Crippen LogP) is 6.12. The van der Waals surface area contributed by atoms with Gasteiger partial charge in [0, 0.05) is 39.8 Å². The molecule has 1 aliphatic rings. The second-order valence-corrected chi connectivity index (χ2v) is 12.2. The molecule has 46 heavy (non-hydrogen) atoms. The zero-order chi connectivity index (χ0) is 32.4. The van der Waals surface area contributed by atoms with E-state index in [-0.39, 0.29) is 12.2 Å². The average Bonchev–Trinajstić information content (AvgIpc) is 3.56. The van der Waals surface area contributed by atoms with Gasteiger partial charge < -0.3 is 14.0 Å². The van der Waals surface area contributed by atoms with E-state index in [2.05, 4.69) is 10.6 Å². The van der Waals surface area contributed by atoms with Crippen LogP contribution in [-0.4, -0.2) is 28.8 Å². The highest BCUT2D eigenvalue weighted by atomic mass is 35.5. The molecular formula is C36H31ClN4O4S. The Morgan fingerprint density at radius 2 is 1.91 bits per heavy atom. The van der Waals surface area contributed by atoms with Crippen molar-refractivity contribution in [1.29, 1.82) is 5.26 Å². The maximum absolute atomic E-state index is 14.4. The number of nitriles is 1. The van der Waals surface area contributed by atoms with Crippen molar-refractivity contribution in [2.24, 2.45) is 4.99 Å². The van der Waals surface area contributed by atoms with E-state index in [0.717, 1.165) is 28.5 Å². The van der Waals surface area contributed by atoms with E-state index in [4.69, 9.17) is 26.1 Å². The number of methoxy groups -OCH3 is 1. The summed E-state index contributed by atoms with van der Waals surface area (Å²) in [7, 11) is 1.54. The summed E-state index contributed by atoms with van der Waals surface area (Å²) < 4.78 is 15.3. The molecule has 0 saturated heterocycles. The summed E-state index contributed by atoms with van der Waals surface area (Å²) in [5.74, 6) is -0.0408. The molecule has 0 fully saturated rings. The molecule has 0 bridgehead atoms. The quantitative estimate of drug-likeness (QED) is 0.179. The third-order valence-electron chi connectivity index (χ3n) is 7.96. The van der Waals surface area contributed by atoms with Crippen molar-refractivity contribution < 1.29 is 14.3 Å². The first kappa shape index (κ1) is 31.1. The fourth-order valence-corrected chi connectivity index (χ4v) is 7.14. The van der Waals surface area contributed by atoms with E-state index in [1.807, 2.05) is 67.7 Å². The lowest BCUT2D eigenvalue weighted by Crippen LogP contribution is -2.40. The smallest absolute Gasteiger partial charge is 0.338 e. The van der Waals surface area contributed by atoms with Crippen LogP contribution in [-0.2, 0) is 16.1 Å². The molecule has 232 valence electrons. The molecule has 1 atom stereocenters. The van der Waals surface area contributed by atoms with E-state index in [0.29, 0.717) is 55.5 Å². The first-order valence-electron chi connectivity index (χ1n) is 15.0. The summed E-state index contributed by atoms with van der Waals surface area (Å²) in [5.41, 5.74) is 4.51. The minimum Gasteiger partial charge on any atom is -0.496 e. The second-order valence-electron chi connectivity index (χ2n) is 10.8. The van der Waals surface area contributed by atoms with Crippen molar-refractivity contribution in [2.75, 3.05) is 13.7 Å². The second kappa shape index (κ2) is 13.2. The molecule has 0 saturated carbocycles. The van der Waals surface area contributed by atoms with Gasteiger partial charge >= 0.3 is 5.97 Å². The molecule has 0 aliphatic carbocycles. The van der Waals surface area contributed by atoms with Gasteiger partial charge in [0.15, 0.2) is 4.80 Å². The predicted molar refractivity (Wildman–Crippen MR) is 180 cm³/mol. The number of aromatic nitrogens is 2. The van der Waals surface area contributed by atoms with Gasteiger partial charge in [0.05, 0.1) is 41.2 Å². The normalized spacial score (nSPS) is 14.6. The molecule has 2 aromatic heterocycles. The lowest BCUT2D eigenvalue weighted by molar-refractivity contribution is -0.139. The van der Waals surface area contributed by atoms with Gasteiger partial charge in [-0.3, -0.25) is 9.36 Å². The van der Waals surface area contributed by atoms with Crippen LogP contribution >= 0.6 is 22.9 Å². The van der Waals surface area contributed by atoms with Crippen molar-refractivity contribution in [3.8, 4) is 11.8 Å². The van der Waals surface area contributed by atoms with Crippen LogP contribution in [0.5, 0.6) is 5.75 Å². The Morgan fingerprint density at radius 1 is 1.13 bits per heavy atom. The van der Waals surface area contributed by atoms with E-state index in [1.54, 1.807) is 36.8 Å². The number of carbonyl (C=O) groups is 1. The zero-order valence-corrected chi connectivity index (χ0v) is 27.2. The monoisotopic (exact) mass is 650 g/mol. The standard InChI is InChI=1S/C36H31ClN4O4S/c1-4-10-28-32(35(43)45-5-2)33(27-18-25(37)15-16-30(27)44-3)41-34(42)31(46-36(41)39-28)17-24-21-40(29-14-9-8-13-26(24)29)20-23-12-7-6-11-22(23)19-38/h6-9,11-18,21,33H,4-5,10,20H2,1-3H3/b31-17+/t33-/m1/s1. The van der Waals surface area contributed by atoms with Crippen LogP contribution in [0, 0.1) is 11.3 Å². The van der Waals surface area contributed by atoms with Crippen LogP contribution in [0.25, 0.3) is 17.0 Å². The fourth-order valence-electron chi connectivity index (χ4n) is 5.95. The van der Waals surface area contributed by atoms with Crippen molar-refractivity contribution in [3.05, 3.63) is 131 Å². The molecule has 3 aromatic carbocycles. The van der Waals surface area contributed by atoms with Crippen molar-refractivity contribution in [2.45, 2.75) is 39.3 Å². The van der Waals surface area contributed by atoms with Crippen molar-refractivity contribution in [1.82, 2.24) is 9.13 Å². The number of halogens is 1. The Morgan fingerprint density at radius 3 is 2.67 bits per heavy atom. The molecule has 8 nitrogen and oxygen atoms in total. The molecule has 0 N–H and O–H groups in total. The number of rotatable bonds is 9. The summed E-state index contributed by atoms with van der Waals surface area (Å²) in [4.78, 5) is 33.3.